The van der Waals surface area contributed by atoms with Gasteiger partial charge in [-0.1, -0.05) is 30.3 Å². The maximum absolute atomic E-state index is 12.0. The first kappa shape index (κ1) is 17.5. The normalized spacial score (nSPS) is 19.0. The van der Waals surface area contributed by atoms with Crippen LogP contribution in [0.3, 0.4) is 0 Å². The van der Waals surface area contributed by atoms with Crippen LogP contribution in [-0.4, -0.2) is 35.8 Å². The molecular formula is C15H22ClN3O2. The zero-order valence-electron chi connectivity index (χ0n) is 12.1. The van der Waals surface area contributed by atoms with E-state index in [0.29, 0.717) is 26.1 Å². The van der Waals surface area contributed by atoms with E-state index in [9.17, 15) is 9.59 Å². The molecule has 1 aromatic rings. The van der Waals surface area contributed by atoms with Crippen LogP contribution in [0.1, 0.15) is 18.9 Å². The summed E-state index contributed by atoms with van der Waals surface area (Å²) in [5.74, 6) is 0.154. The lowest BCUT2D eigenvalue weighted by Gasteiger charge is -2.17. The largest absolute Gasteiger partial charge is 0.354 e. The molecule has 0 aliphatic carbocycles. The summed E-state index contributed by atoms with van der Waals surface area (Å²) in [5.41, 5.74) is 6.61. The maximum Gasteiger partial charge on any atom is 0.236 e. The van der Waals surface area contributed by atoms with Gasteiger partial charge in [0.05, 0.1) is 6.04 Å². The molecule has 1 aliphatic heterocycles. The van der Waals surface area contributed by atoms with Gasteiger partial charge in [-0.05, 0) is 12.5 Å². The smallest absolute Gasteiger partial charge is 0.236 e. The average molecular weight is 312 g/mol. The molecule has 6 heteroatoms. The highest BCUT2D eigenvalue weighted by Crippen LogP contribution is 2.19. The number of carbonyl (C=O) groups is 2. The minimum atomic E-state index is -0.507. The van der Waals surface area contributed by atoms with Gasteiger partial charge in [0.2, 0.25) is 11.8 Å². The summed E-state index contributed by atoms with van der Waals surface area (Å²) in [6, 6.07) is 9.41. The van der Waals surface area contributed by atoms with Crippen molar-refractivity contribution in [3.8, 4) is 0 Å². The molecule has 21 heavy (non-hydrogen) atoms. The lowest BCUT2D eigenvalue weighted by molar-refractivity contribution is -0.128. The molecule has 0 spiro atoms. The van der Waals surface area contributed by atoms with Crippen LogP contribution in [-0.2, 0) is 16.1 Å². The number of benzene rings is 1. The predicted molar refractivity (Wildman–Crippen MR) is 83.9 cm³/mol. The second-order valence-corrected chi connectivity index (χ2v) is 5.36. The number of nitrogens with one attached hydrogen (secondary N) is 1. The molecule has 1 fully saturated rings. The topological polar surface area (TPSA) is 75.4 Å². The molecule has 0 aromatic heterocycles. The van der Waals surface area contributed by atoms with Crippen molar-refractivity contribution in [1.82, 2.24) is 10.2 Å². The van der Waals surface area contributed by atoms with Gasteiger partial charge in [0.15, 0.2) is 0 Å². The Morgan fingerprint density at radius 2 is 2.10 bits per heavy atom. The van der Waals surface area contributed by atoms with Gasteiger partial charge < -0.3 is 16.0 Å². The van der Waals surface area contributed by atoms with Gasteiger partial charge >= 0.3 is 0 Å². The summed E-state index contributed by atoms with van der Waals surface area (Å²) >= 11 is 0. The number of carbonyl (C=O) groups excluding carboxylic acids is 2. The van der Waals surface area contributed by atoms with Crippen LogP contribution >= 0.6 is 12.4 Å². The number of rotatable bonds is 5. The number of halogens is 1. The number of amides is 2. The predicted octanol–water partition coefficient (Wildman–Crippen LogP) is 0.920. The minimum Gasteiger partial charge on any atom is -0.354 e. The Morgan fingerprint density at radius 1 is 1.43 bits per heavy atom. The summed E-state index contributed by atoms with van der Waals surface area (Å²) < 4.78 is 0. The molecule has 1 aliphatic rings. The molecule has 1 heterocycles. The number of likely N-dealkylation sites (tertiary alicyclic amines) is 1. The Kier molecular flexibility index (Phi) is 6.65. The molecule has 2 rings (SSSR count). The Balaban J connectivity index is 0.00000220. The maximum atomic E-state index is 12.0. The van der Waals surface area contributed by atoms with Crippen LogP contribution in [0.4, 0.5) is 0 Å². The van der Waals surface area contributed by atoms with Crippen molar-refractivity contribution in [3.63, 3.8) is 0 Å². The molecule has 5 nitrogen and oxygen atoms in total. The van der Waals surface area contributed by atoms with Crippen molar-refractivity contribution in [2.75, 3.05) is 13.1 Å². The van der Waals surface area contributed by atoms with Crippen LogP contribution in [0, 0.1) is 5.92 Å². The molecule has 2 amide bonds. The third kappa shape index (κ3) is 5.02. The van der Waals surface area contributed by atoms with E-state index in [2.05, 4.69) is 5.32 Å². The molecule has 0 bridgehead atoms. The fourth-order valence-corrected chi connectivity index (χ4v) is 2.35. The highest BCUT2D eigenvalue weighted by molar-refractivity contribution is 5.85. The fraction of sp³-hybridized carbons (Fsp3) is 0.467. The molecule has 116 valence electrons. The van der Waals surface area contributed by atoms with Crippen LogP contribution in [0.5, 0.6) is 0 Å². The lowest BCUT2D eigenvalue weighted by Crippen LogP contribution is -2.40. The van der Waals surface area contributed by atoms with Crippen molar-refractivity contribution in [2.45, 2.75) is 25.9 Å². The third-order valence-corrected chi connectivity index (χ3v) is 3.49. The Labute approximate surface area is 131 Å². The summed E-state index contributed by atoms with van der Waals surface area (Å²) in [4.78, 5) is 25.2. The van der Waals surface area contributed by atoms with Crippen molar-refractivity contribution >= 4 is 24.2 Å². The van der Waals surface area contributed by atoms with Gasteiger partial charge in [0, 0.05) is 32.0 Å². The Hall–Kier alpha value is -1.59. The van der Waals surface area contributed by atoms with Crippen molar-refractivity contribution < 1.29 is 9.59 Å². The van der Waals surface area contributed by atoms with Gasteiger partial charge in [-0.15, -0.1) is 12.4 Å². The van der Waals surface area contributed by atoms with Crippen molar-refractivity contribution in [1.29, 1.82) is 0 Å². The highest BCUT2D eigenvalue weighted by atomic mass is 35.5. The van der Waals surface area contributed by atoms with E-state index in [1.165, 1.54) is 0 Å². The molecule has 0 saturated carbocycles. The van der Waals surface area contributed by atoms with Gasteiger partial charge in [-0.25, -0.2) is 0 Å². The first-order chi connectivity index (χ1) is 9.56. The van der Waals surface area contributed by atoms with Crippen LogP contribution in [0.15, 0.2) is 30.3 Å². The van der Waals surface area contributed by atoms with E-state index in [1.807, 2.05) is 35.2 Å². The summed E-state index contributed by atoms with van der Waals surface area (Å²) in [5, 5.41) is 2.79. The molecule has 1 unspecified atom stereocenters. The second-order valence-electron chi connectivity index (χ2n) is 5.36. The first-order valence-electron chi connectivity index (χ1n) is 6.91. The number of hydrogen-bond donors (Lipinski definition) is 2. The Morgan fingerprint density at radius 3 is 2.71 bits per heavy atom. The van der Waals surface area contributed by atoms with Crippen LogP contribution in [0.2, 0.25) is 0 Å². The molecular weight excluding hydrogens is 290 g/mol. The minimum absolute atomic E-state index is 0. The van der Waals surface area contributed by atoms with E-state index in [0.717, 1.165) is 5.56 Å². The highest BCUT2D eigenvalue weighted by Gasteiger charge is 2.29. The standard InChI is InChI=1S/C15H21N3O2.ClH/c1-11(16)15(20)17-8-13-7-14(19)18(10-13)9-12-5-3-2-4-6-12;/h2-6,11,13H,7-10,16H2,1H3,(H,17,20);1H/t11-,13?;/m1./s1. The van der Waals surface area contributed by atoms with Crippen molar-refractivity contribution in [3.05, 3.63) is 35.9 Å². The average Bonchev–Trinajstić information content (AvgIpc) is 2.77. The Bertz CT molecular complexity index is 479. The molecule has 1 saturated heterocycles. The van der Waals surface area contributed by atoms with Crippen LogP contribution < -0.4 is 11.1 Å². The van der Waals surface area contributed by atoms with E-state index in [-0.39, 0.29) is 30.1 Å². The SMILES string of the molecule is C[C@@H](N)C(=O)NCC1CC(=O)N(Cc2ccccc2)C1.Cl. The molecule has 0 radical (unpaired) electrons. The first-order valence-corrected chi connectivity index (χ1v) is 6.91. The zero-order chi connectivity index (χ0) is 14.5. The zero-order valence-corrected chi connectivity index (χ0v) is 12.9. The number of nitrogens with two attached hydrogens (primary N) is 1. The monoisotopic (exact) mass is 311 g/mol. The van der Waals surface area contributed by atoms with E-state index in [1.54, 1.807) is 6.92 Å². The van der Waals surface area contributed by atoms with E-state index >= 15 is 0 Å². The quantitative estimate of drug-likeness (QED) is 0.849. The third-order valence-electron chi connectivity index (χ3n) is 3.49. The van der Waals surface area contributed by atoms with Gasteiger partial charge in [0.25, 0.3) is 0 Å². The fourth-order valence-electron chi connectivity index (χ4n) is 2.35. The van der Waals surface area contributed by atoms with Gasteiger partial charge in [-0.3, -0.25) is 9.59 Å². The summed E-state index contributed by atoms with van der Waals surface area (Å²) in [7, 11) is 0. The van der Waals surface area contributed by atoms with Crippen molar-refractivity contribution in [2.24, 2.45) is 11.7 Å². The van der Waals surface area contributed by atoms with Gasteiger partial charge in [-0.2, -0.15) is 0 Å². The lowest BCUT2D eigenvalue weighted by atomic mass is 10.1. The van der Waals surface area contributed by atoms with E-state index < -0.39 is 6.04 Å². The molecule has 2 atom stereocenters. The van der Waals surface area contributed by atoms with Crippen LogP contribution in [0.25, 0.3) is 0 Å². The van der Waals surface area contributed by atoms with E-state index in [4.69, 9.17) is 5.73 Å². The molecule has 3 N–H and O–H groups in total. The summed E-state index contributed by atoms with van der Waals surface area (Å²) in [6.07, 6.45) is 0.492. The van der Waals surface area contributed by atoms with Gasteiger partial charge in [0.1, 0.15) is 0 Å². The number of nitrogens with zero attached hydrogens (tertiary/aromatic N) is 1. The number of hydrogen-bond acceptors (Lipinski definition) is 3. The second kappa shape index (κ2) is 8.00. The summed E-state index contributed by atoms with van der Waals surface area (Å²) in [6.45, 7) is 3.48. The molecule has 1 aromatic carbocycles.